The van der Waals surface area contributed by atoms with Gasteiger partial charge < -0.3 is 25.2 Å². The second kappa shape index (κ2) is 10.8. The van der Waals surface area contributed by atoms with E-state index in [1.54, 1.807) is 30.3 Å². The Hall–Kier alpha value is -4.17. The van der Waals surface area contributed by atoms with Crippen LogP contribution in [0.15, 0.2) is 78.9 Å². The van der Waals surface area contributed by atoms with E-state index in [-0.39, 0.29) is 19.1 Å². The number of aliphatic carboxylic acids is 1. The van der Waals surface area contributed by atoms with Gasteiger partial charge in [-0.25, -0.2) is 9.59 Å². The lowest BCUT2D eigenvalue weighted by atomic mass is 9.98. The highest BCUT2D eigenvalue weighted by molar-refractivity contribution is 5.90. The largest absolute Gasteiger partial charge is 0.479 e. The number of methoxy groups -OCH3 is 1. The van der Waals surface area contributed by atoms with E-state index in [9.17, 15) is 19.5 Å². The summed E-state index contributed by atoms with van der Waals surface area (Å²) >= 11 is 0. The number of nitrogens with one attached hydrogen (secondary N) is 2. The number of ether oxygens (including phenoxy) is 2. The van der Waals surface area contributed by atoms with Crippen LogP contribution in [0.2, 0.25) is 0 Å². The van der Waals surface area contributed by atoms with Crippen molar-refractivity contribution in [2.75, 3.05) is 20.3 Å². The highest BCUT2D eigenvalue weighted by atomic mass is 16.5. The molecular weight excluding hydrogens is 448 g/mol. The number of carbonyl (C=O) groups excluding carboxylic acids is 2. The number of carboxylic acid groups (broad SMARTS) is 1. The maximum atomic E-state index is 12.8. The van der Waals surface area contributed by atoms with Gasteiger partial charge in [0.15, 0.2) is 6.04 Å². The molecule has 0 unspecified atom stereocenters. The van der Waals surface area contributed by atoms with E-state index < -0.39 is 30.1 Å². The SMILES string of the molecule is COC[C@H](NC(=O)OCC1c2ccccc2-c2ccccc21)C(=O)N[C@@H](C(=O)O)c1ccccc1. The fraction of sp³-hybridized carbons (Fsp3) is 0.222. The molecule has 0 aliphatic heterocycles. The molecular formula is C27H26N2O6. The molecule has 1 aliphatic carbocycles. The lowest BCUT2D eigenvalue weighted by Gasteiger charge is -2.21. The van der Waals surface area contributed by atoms with Crippen molar-refractivity contribution in [2.24, 2.45) is 0 Å². The summed E-state index contributed by atoms with van der Waals surface area (Å²) in [5.41, 5.74) is 4.76. The molecule has 2 amide bonds. The average molecular weight is 475 g/mol. The fourth-order valence-corrected chi connectivity index (χ4v) is 4.31. The van der Waals surface area contributed by atoms with Gasteiger partial charge in [-0.3, -0.25) is 4.79 Å². The monoisotopic (exact) mass is 474 g/mol. The zero-order valence-electron chi connectivity index (χ0n) is 19.1. The first kappa shape index (κ1) is 24.0. The highest BCUT2D eigenvalue weighted by Gasteiger charge is 2.31. The third-order valence-corrected chi connectivity index (χ3v) is 5.95. The summed E-state index contributed by atoms with van der Waals surface area (Å²) in [4.78, 5) is 37.2. The Morgan fingerprint density at radius 2 is 1.43 bits per heavy atom. The van der Waals surface area contributed by atoms with Gasteiger partial charge in [0.05, 0.1) is 6.61 Å². The Morgan fingerprint density at radius 1 is 0.857 bits per heavy atom. The normalized spacial score (nSPS) is 13.7. The van der Waals surface area contributed by atoms with Crippen LogP contribution in [0.4, 0.5) is 4.79 Å². The van der Waals surface area contributed by atoms with Gasteiger partial charge in [0, 0.05) is 13.0 Å². The van der Waals surface area contributed by atoms with E-state index in [1.165, 1.54) is 7.11 Å². The van der Waals surface area contributed by atoms with Crippen LogP contribution in [0.5, 0.6) is 0 Å². The number of fused-ring (bicyclic) bond motifs is 3. The maximum Gasteiger partial charge on any atom is 0.407 e. The van der Waals surface area contributed by atoms with E-state index in [1.807, 2.05) is 48.5 Å². The van der Waals surface area contributed by atoms with Crippen molar-refractivity contribution in [1.82, 2.24) is 10.6 Å². The molecule has 0 heterocycles. The zero-order chi connectivity index (χ0) is 24.8. The smallest absolute Gasteiger partial charge is 0.407 e. The number of carboxylic acids is 1. The van der Waals surface area contributed by atoms with E-state index in [2.05, 4.69) is 10.6 Å². The van der Waals surface area contributed by atoms with Crippen molar-refractivity contribution in [3.63, 3.8) is 0 Å². The molecule has 35 heavy (non-hydrogen) atoms. The van der Waals surface area contributed by atoms with E-state index in [4.69, 9.17) is 9.47 Å². The first-order valence-electron chi connectivity index (χ1n) is 11.2. The molecule has 4 rings (SSSR count). The van der Waals surface area contributed by atoms with Gasteiger partial charge >= 0.3 is 12.1 Å². The standard InChI is InChI=1S/C27H26N2O6/c1-34-16-23(25(30)29-24(26(31)32)17-9-3-2-4-10-17)28-27(33)35-15-22-20-13-7-5-11-18(20)19-12-6-8-14-21(19)22/h2-14,22-24H,15-16H2,1H3,(H,28,33)(H,29,30)(H,31,32)/t23-,24+/m0/s1. The summed E-state index contributed by atoms with van der Waals surface area (Å²) in [6.45, 7) is -0.0693. The van der Waals surface area contributed by atoms with E-state index >= 15 is 0 Å². The van der Waals surface area contributed by atoms with E-state index in [0.717, 1.165) is 22.3 Å². The van der Waals surface area contributed by atoms with Crippen molar-refractivity contribution in [1.29, 1.82) is 0 Å². The third kappa shape index (κ3) is 5.33. The Morgan fingerprint density at radius 3 is 2.00 bits per heavy atom. The summed E-state index contributed by atoms with van der Waals surface area (Å²) in [6, 6.07) is 21.8. The number of hydrogen-bond donors (Lipinski definition) is 3. The molecule has 0 saturated carbocycles. The predicted molar refractivity (Wildman–Crippen MR) is 129 cm³/mol. The van der Waals surface area contributed by atoms with Crippen LogP contribution in [-0.2, 0) is 19.1 Å². The molecule has 3 aromatic carbocycles. The Labute approximate surface area is 202 Å². The van der Waals surface area contributed by atoms with Crippen molar-refractivity contribution >= 4 is 18.0 Å². The second-order valence-electron chi connectivity index (χ2n) is 8.17. The number of amides is 2. The lowest BCUT2D eigenvalue weighted by Crippen LogP contribution is -2.51. The molecule has 3 aromatic rings. The Kier molecular flexibility index (Phi) is 7.42. The maximum absolute atomic E-state index is 12.8. The van der Waals surface area contributed by atoms with Crippen molar-refractivity contribution in [3.05, 3.63) is 95.6 Å². The molecule has 0 aromatic heterocycles. The number of hydrogen-bond acceptors (Lipinski definition) is 5. The average Bonchev–Trinajstić information content (AvgIpc) is 3.19. The number of carbonyl (C=O) groups is 3. The lowest BCUT2D eigenvalue weighted by molar-refractivity contribution is -0.142. The summed E-state index contributed by atoms with van der Waals surface area (Å²) in [5, 5.41) is 14.5. The number of alkyl carbamates (subject to hydrolysis) is 1. The summed E-state index contributed by atoms with van der Waals surface area (Å²) in [7, 11) is 1.38. The summed E-state index contributed by atoms with van der Waals surface area (Å²) < 4.78 is 10.6. The quantitative estimate of drug-likeness (QED) is 0.438. The molecule has 1 aliphatic rings. The van der Waals surface area contributed by atoms with Gasteiger partial charge in [-0.05, 0) is 27.8 Å². The van der Waals surface area contributed by atoms with Crippen LogP contribution < -0.4 is 10.6 Å². The molecule has 8 nitrogen and oxygen atoms in total. The van der Waals surface area contributed by atoms with Gasteiger partial charge in [0.1, 0.15) is 12.6 Å². The Bertz CT molecular complexity index is 1170. The van der Waals surface area contributed by atoms with Crippen LogP contribution in [0.25, 0.3) is 11.1 Å². The number of benzene rings is 3. The molecule has 2 atom stereocenters. The molecule has 180 valence electrons. The van der Waals surface area contributed by atoms with Gasteiger partial charge in [0.2, 0.25) is 5.91 Å². The topological polar surface area (TPSA) is 114 Å². The number of rotatable bonds is 9. The van der Waals surface area contributed by atoms with Gasteiger partial charge in [0.25, 0.3) is 0 Å². The van der Waals surface area contributed by atoms with Gasteiger partial charge in [-0.15, -0.1) is 0 Å². The second-order valence-corrected chi connectivity index (χ2v) is 8.17. The summed E-state index contributed by atoms with van der Waals surface area (Å²) in [6.07, 6.45) is -0.796. The first-order valence-corrected chi connectivity index (χ1v) is 11.2. The fourth-order valence-electron chi connectivity index (χ4n) is 4.31. The van der Waals surface area contributed by atoms with Gasteiger partial charge in [-0.1, -0.05) is 78.9 Å². The van der Waals surface area contributed by atoms with Crippen LogP contribution >= 0.6 is 0 Å². The molecule has 3 N–H and O–H groups in total. The highest BCUT2D eigenvalue weighted by Crippen LogP contribution is 2.44. The Balaban J connectivity index is 1.41. The molecule has 0 fully saturated rings. The minimum absolute atomic E-state index is 0.0863. The first-order chi connectivity index (χ1) is 17.0. The minimum Gasteiger partial charge on any atom is -0.479 e. The molecule has 0 spiro atoms. The van der Waals surface area contributed by atoms with Crippen molar-refractivity contribution in [2.45, 2.75) is 18.0 Å². The third-order valence-electron chi connectivity index (χ3n) is 5.95. The van der Waals surface area contributed by atoms with Gasteiger partial charge in [-0.2, -0.15) is 0 Å². The molecule has 0 saturated heterocycles. The predicted octanol–water partition coefficient (Wildman–Crippen LogP) is 3.48. The zero-order valence-corrected chi connectivity index (χ0v) is 19.1. The molecule has 8 heteroatoms. The molecule has 0 radical (unpaired) electrons. The molecule has 0 bridgehead atoms. The van der Waals surface area contributed by atoms with Crippen LogP contribution in [0, 0.1) is 0 Å². The van der Waals surface area contributed by atoms with E-state index in [0.29, 0.717) is 5.56 Å². The van der Waals surface area contributed by atoms with Crippen LogP contribution in [0.1, 0.15) is 28.7 Å². The van der Waals surface area contributed by atoms with Crippen molar-refractivity contribution < 1.29 is 29.0 Å². The van der Waals surface area contributed by atoms with Crippen LogP contribution in [0.3, 0.4) is 0 Å². The minimum atomic E-state index is -1.27. The van der Waals surface area contributed by atoms with Crippen LogP contribution in [-0.4, -0.2) is 49.4 Å². The van der Waals surface area contributed by atoms with Crippen molar-refractivity contribution in [3.8, 4) is 11.1 Å². The summed E-state index contributed by atoms with van der Waals surface area (Å²) in [5.74, 6) is -2.05.